The van der Waals surface area contributed by atoms with E-state index in [1.807, 2.05) is 0 Å². The molecule has 0 aliphatic heterocycles. The van der Waals surface area contributed by atoms with Crippen molar-refractivity contribution in [1.82, 2.24) is 15.0 Å². The van der Waals surface area contributed by atoms with E-state index in [2.05, 4.69) is 15.0 Å². The Morgan fingerprint density at radius 2 is 1.85 bits per heavy atom. The number of nitrogen functional groups attached to an aromatic ring is 1. The number of nitrogens with zero attached hydrogens (tertiary/aromatic N) is 2. The van der Waals surface area contributed by atoms with Crippen LogP contribution in [0, 0.1) is 0 Å². The summed E-state index contributed by atoms with van der Waals surface area (Å²) in [7, 11) is 0. The normalized spacial score (nSPS) is 11.9. The van der Waals surface area contributed by atoms with E-state index in [9.17, 15) is 13.2 Å². The third-order valence-electron chi connectivity index (χ3n) is 2.83. The van der Waals surface area contributed by atoms with Crippen molar-refractivity contribution in [3.63, 3.8) is 0 Å². The van der Waals surface area contributed by atoms with Crippen LogP contribution in [-0.2, 0) is 6.18 Å². The van der Waals surface area contributed by atoms with Gasteiger partial charge in [0.15, 0.2) is 5.65 Å². The number of aromatic nitrogens is 3. The van der Waals surface area contributed by atoms with Gasteiger partial charge in [-0.15, -0.1) is 0 Å². The molecule has 0 amide bonds. The molecular weight excluding hydrogens is 269 g/mol. The predicted octanol–water partition coefficient (Wildman–Crippen LogP) is 3.23. The summed E-state index contributed by atoms with van der Waals surface area (Å²) in [4.78, 5) is 11.1. The molecule has 1 aromatic carbocycles. The number of pyridine rings is 1. The van der Waals surface area contributed by atoms with Crippen molar-refractivity contribution in [1.29, 1.82) is 0 Å². The van der Waals surface area contributed by atoms with Crippen molar-refractivity contribution in [3.05, 3.63) is 42.0 Å². The number of aromatic amines is 1. The first-order valence-corrected chi connectivity index (χ1v) is 5.73. The summed E-state index contributed by atoms with van der Waals surface area (Å²) in [5, 5.41) is 0. The fraction of sp³-hybridized carbons (Fsp3) is 0.0769. The van der Waals surface area contributed by atoms with Crippen LogP contribution in [0.4, 0.5) is 19.0 Å². The van der Waals surface area contributed by atoms with Gasteiger partial charge in [0.1, 0.15) is 11.6 Å². The minimum Gasteiger partial charge on any atom is -0.384 e. The Morgan fingerprint density at radius 1 is 1.05 bits per heavy atom. The van der Waals surface area contributed by atoms with Gasteiger partial charge in [-0.2, -0.15) is 13.2 Å². The average Bonchev–Trinajstić information content (AvgIpc) is 2.81. The van der Waals surface area contributed by atoms with E-state index in [4.69, 9.17) is 5.73 Å². The van der Waals surface area contributed by atoms with Gasteiger partial charge in [-0.1, -0.05) is 12.1 Å². The second kappa shape index (κ2) is 4.22. The van der Waals surface area contributed by atoms with E-state index >= 15 is 0 Å². The van der Waals surface area contributed by atoms with Gasteiger partial charge in [0.05, 0.1) is 11.1 Å². The topological polar surface area (TPSA) is 67.6 Å². The lowest BCUT2D eigenvalue weighted by atomic mass is 10.1. The first kappa shape index (κ1) is 12.5. The molecule has 3 aromatic rings. The van der Waals surface area contributed by atoms with Crippen LogP contribution in [0.25, 0.3) is 22.6 Å². The quantitative estimate of drug-likeness (QED) is 0.718. The Kier molecular flexibility index (Phi) is 2.63. The van der Waals surface area contributed by atoms with Crippen LogP contribution in [0.1, 0.15) is 5.56 Å². The molecule has 20 heavy (non-hydrogen) atoms. The number of rotatable bonds is 1. The third-order valence-corrected chi connectivity index (χ3v) is 2.83. The monoisotopic (exact) mass is 278 g/mol. The lowest BCUT2D eigenvalue weighted by Crippen LogP contribution is -2.04. The van der Waals surface area contributed by atoms with E-state index in [0.717, 1.165) is 12.1 Å². The summed E-state index contributed by atoms with van der Waals surface area (Å²) < 4.78 is 38.0. The molecule has 0 bridgehead atoms. The van der Waals surface area contributed by atoms with E-state index < -0.39 is 11.7 Å². The number of hydrogen-bond acceptors (Lipinski definition) is 3. The number of alkyl halides is 3. The summed E-state index contributed by atoms with van der Waals surface area (Å²) in [6.45, 7) is 0. The lowest BCUT2D eigenvalue weighted by molar-refractivity contribution is -0.137. The Labute approximate surface area is 111 Å². The van der Waals surface area contributed by atoms with Gasteiger partial charge in [-0.3, -0.25) is 0 Å². The number of hydrogen-bond donors (Lipinski definition) is 2. The molecule has 2 heterocycles. The molecule has 0 radical (unpaired) electrons. The van der Waals surface area contributed by atoms with Crippen LogP contribution in [0.5, 0.6) is 0 Å². The number of H-pyrrole nitrogens is 1. The Hall–Kier alpha value is -2.57. The van der Waals surface area contributed by atoms with Gasteiger partial charge in [0.2, 0.25) is 0 Å². The molecule has 3 N–H and O–H groups in total. The zero-order valence-corrected chi connectivity index (χ0v) is 10.1. The van der Waals surface area contributed by atoms with Crippen LogP contribution >= 0.6 is 0 Å². The first-order valence-electron chi connectivity index (χ1n) is 5.73. The summed E-state index contributed by atoms with van der Waals surface area (Å²) in [6.07, 6.45) is -4.38. The molecule has 102 valence electrons. The Morgan fingerprint density at radius 3 is 2.60 bits per heavy atom. The fourth-order valence-electron chi connectivity index (χ4n) is 1.89. The molecular formula is C13H9F3N4. The Balaban J connectivity index is 2.11. The van der Waals surface area contributed by atoms with Crippen molar-refractivity contribution in [2.24, 2.45) is 0 Å². The number of imidazole rings is 1. The maximum Gasteiger partial charge on any atom is 0.416 e. The highest BCUT2D eigenvalue weighted by Gasteiger charge is 2.30. The highest BCUT2D eigenvalue weighted by atomic mass is 19.4. The van der Waals surface area contributed by atoms with Crippen LogP contribution < -0.4 is 5.73 Å². The molecule has 4 nitrogen and oxygen atoms in total. The van der Waals surface area contributed by atoms with Crippen molar-refractivity contribution < 1.29 is 13.2 Å². The molecule has 0 aliphatic carbocycles. The molecule has 0 saturated heterocycles. The zero-order chi connectivity index (χ0) is 14.3. The Bertz CT molecular complexity index is 777. The number of benzene rings is 1. The lowest BCUT2D eigenvalue weighted by Gasteiger charge is -2.07. The van der Waals surface area contributed by atoms with E-state index in [1.165, 1.54) is 6.07 Å². The SMILES string of the molecule is Nc1ccc2[nH]c(-c3cccc(C(F)(F)F)c3)nc2n1. The summed E-state index contributed by atoms with van der Waals surface area (Å²) in [5.41, 5.74) is 6.15. The van der Waals surface area contributed by atoms with Crippen LogP contribution in [0.2, 0.25) is 0 Å². The molecule has 0 fully saturated rings. The molecule has 0 atom stereocenters. The van der Waals surface area contributed by atoms with Gasteiger partial charge in [0, 0.05) is 5.56 Å². The third kappa shape index (κ3) is 2.18. The summed E-state index contributed by atoms with van der Waals surface area (Å²) >= 11 is 0. The molecule has 7 heteroatoms. The highest BCUT2D eigenvalue weighted by molar-refractivity contribution is 5.77. The number of nitrogens with two attached hydrogens (primary N) is 1. The minimum atomic E-state index is -4.38. The average molecular weight is 278 g/mol. The van der Waals surface area contributed by atoms with Gasteiger partial charge in [-0.25, -0.2) is 9.97 Å². The van der Waals surface area contributed by atoms with Gasteiger partial charge >= 0.3 is 6.18 Å². The van der Waals surface area contributed by atoms with E-state index in [-0.39, 0.29) is 0 Å². The van der Waals surface area contributed by atoms with Gasteiger partial charge < -0.3 is 10.7 Å². The van der Waals surface area contributed by atoms with Crippen molar-refractivity contribution in [3.8, 4) is 11.4 Å². The summed E-state index contributed by atoms with van der Waals surface area (Å²) in [6, 6.07) is 8.23. The first-order chi connectivity index (χ1) is 9.43. The number of nitrogens with one attached hydrogen (secondary N) is 1. The van der Waals surface area contributed by atoms with Crippen LogP contribution in [0.3, 0.4) is 0 Å². The largest absolute Gasteiger partial charge is 0.416 e. The molecule has 0 unspecified atom stereocenters. The van der Waals surface area contributed by atoms with Gasteiger partial charge in [0.25, 0.3) is 0 Å². The molecule has 2 aromatic heterocycles. The molecule has 3 rings (SSSR count). The smallest absolute Gasteiger partial charge is 0.384 e. The van der Waals surface area contributed by atoms with Crippen LogP contribution in [-0.4, -0.2) is 15.0 Å². The second-order valence-electron chi connectivity index (χ2n) is 4.27. The van der Waals surface area contributed by atoms with Crippen molar-refractivity contribution >= 4 is 17.0 Å². The van der Waals surface area contributed by atoms with Crippen molar-refractivity contribution in [2.75, 3.05) is 5.73 Å². The maximum atomic E-state index is 12.7. The number of halogens is 3. The van der Waals surface area contributed by atoms with E-state index in [0.29, 0.717) is 28.4 Å². The standard InChI is InChI=1S/C13H9F3N4/c14-13(15,16)8-3-1-2-7(6-8)11-18-9-4-5-10(17)19-12(9)20-11/h1-6H,(H3,17,18,19,20). The minimum absolute atomic E-state index is 0.305. The molecule has 0 aliphatic rings. The van der Waals surface area contributed by atoms with Crippen LogP contribution in [0.15, 0.2) is 36.4 Å². The fourth-order valence-corrected chi connectivity index (χ4v) is 1.89. The summed E-state index contributed by atoms with van der Waals surface area (Å²) in [5.74, 6) is 0.629. The van der Waals surface area contributed by atoms with Crippen molar-refractivity contribution in [2.45, 2.75) is 6.18 Å². The van der Waals surface area contributed by atoms with E-state index in [1.54, 1.807) is 18.2 Å². The second-order valence-corrected chi connectivity index (χ2v) is 4.27. The number of fused-ring (bicyclic) bond motifs is 1. The van der Waals surface area contributed by atoms with Gasteiger partial charge in [-0.05, 0) is 24.3 Å². The maximum absolute atomic E-state index is 12.7. The molecule has 0 saturated carbocycles. The predicted molar refractivity (Wildman–Crippen MR) is 68.7 cm³/mol. The number of anilines is 1. The highest BCUT2D eigenvalue weighted by Crippen LogP contribution is 2.31. The zero-order valence-electron chi connectivity index (χ0n) is 10.1. The molecule has 0 spiro atoms.